The lowest BCUT2D eigenvalue weighted by molar-refractivity contribution is -0.394. The van der Waals surface area contributed by atoms with Crippen molar-refractivity contribution in [3.8, 4) is 0 Å². The van der Waals surface area contributed by atoms with Crippen LogP contribution >= 0.6 is 6.72 Å². The Balaban J connectivity index is 3.08. The minimum absolute atomic E-state index is 0.0790. The number of hydrogen-bond donors (Lipinski definition) is 1. The van der Waals surface area contributed by atoms with Crippen LogP contribution in [-0.2, 0) is 22.9 Å². The van der Waals surface area contributed by atoms with Crippen LogP contribution in [0, 0.1) is 20.2 Å². The van der Waals surface area contributed by atoms with Gasteiger partial charge in [0.2, 0.25) is 0 Å². The van der Waals surface area contributed by atoms with E-state index >= 15 is 0 Å². The van der Waals surface area contributed by atoms with Crippen molar-refractivity contribution in [3.05, 3.63) is 44.0 Å². The second-order valence-corrected chi connectivity index (χ2v) is 5.65. The highest BCUT2D eigenvalue weighted by molar-refractivity contribution is 8.06. The van der Waals surface area contributed by atoms with Gasteiger partial charge in [-0.15, -0.1) is 0 Å². The van der Waals surface area contributed by atoms with E-state index in [0.29, 0.717) is 0 Å². The van der Waals surface area contributed by atoms with Crippen molar-refractivity contribution < 1.29 is 24.2 Å². The topological polar surface area (TPSA) is 139 Å². The third kappa shape index (κ3) is 4.09. The standard InChI is InChI=1S/C7H7N2O7PS/c10-8(11)6-2-1-5(4-16-17(14,15)18)7(3-6)9(12)13/h1-3H,4H2,(H2,14,15,18)/p-1. The first-order valence-corrected chi connectivity index (χ1v) is 6.90. The average molecular weight is 293 g/mol. The minimum Gasteiger partial charge on any atom is -0.780 e. The van der Waals surface area contributed by atoms with Gasteiger partial charge >= 0.3 is 0 Å². The molecule has 1 rings (SSSR count). The predicted molar refractivity (Wildman–Crippen MR) is 61.0 cm³/mol. The maximum absolute atomic E-state index is 10.7. The second kappa shape index (κ2) is 5.46. The van der Waals surface area contributed by atoms with E-state index in [1.54, 1.807) is 0 Å². The largest absolute Gasteiger partial charge is 0.780 e. The molecule has 0 aliphatic heterocycles. The maximum atomic E-state index is 10.7. The Bertz CT molecular complexity index is 543. The number of rotatable bonds is 5. The lowest BCUT2D eigenvalue weighted by atomic mass is 10.2. The quantitative estimate of drug-likeness (QED) is 0.473. The molecular weight excluding hydrogens is 287 g/mol. The molecule has 1 unspecified atom stereocenters. The number of benzene rings is 1. The summed E-state index contributed by atoms with van der Waals surface area (Å²) in [4.78, 5) is 38.9. The molecule has 0 saturated heterocycles. The average Bonchev–Trinajstić information content (AvgIpc) is 2.24. The summed E-state index contributed by atoms with van der Waals surface area (Å²) < 4.78 is 4.36. The van der Waals surface area contributed by atoms with Crippen LogP contribution in [0.25, 0.3) is 0 Å². The molecule has 0 radical (unpaired) electrons. The molecule has 1 N–H and O–H groups in total. The highest BCUT2D eigenvalue weighted by atomic mass is 32.5. The molecule has 0 aliphatic rings. The summed E-state index contributed by atoms with van der Waals surface area (Å²) >= 11 is 4.07. The van der Waals surface area contributed by atoms with Crippen molar-refractivity contribution in [1.82, 2.24) is 0 Å². The van der Waals surface area contributed by atoms with Gasteiger partial charge < -0.3 is 14.3 Å². The van der Waals surface area contributed by atoms with Crippen LogP contribution in [-0.4, -0.2) is 14.7 Å². The zero-order chi connectivity index (χ0) is 13.9. The molecule has 0 spiro atoms. The van der Waals surface area contributed by atoms with Crippen molar-refractivity contribution in [2.75, 3.05) is 0 Å². The SMILES string of the molecule is O=[N+]([O-])c1ccc(COP([O-])(O)=S)c([N+](=O)[O-])c1. The highest BCUT2D eigenvalue weighted by Crippen LogP contribution is 2.34. The van der Waals surface area contributed by atoms with E-state index in [9.17, 15) is 25.1 Å². The number of non-ortho nitro benzene ring substituents is 1. The van der Waals surface area contributed by atoms with Gasteiger partial charge in [0, 0.05) is 6.07 Å². The van der Waals surface area contributed by atoms with Crippen molar-refractivity contribution >= 4 is 29.9 Å². The van der Waals surface area contributed by atoms with E-state index in [0.717, 1.165) is 18.2 Å². The van der Waals surface area contributed by atoms with Gasteiger partial charge in [-0.25, -0.2) is 0 Å². The van der Waals surface area contributed by atoms with Crippen molar-refractivity contribution in [2.24, 2.45) is 0 Å². The normalized spacial score (nSPS) is 13.9. The van der Waals surface area contributed by atoms with E-state index in [2.05, 4.69) is 16.3 Å². The van der Waals surface area contributed by atoms with Gasteiger partial charge in [-0.2, -0.15) is 0 Å². The minimum atomic E-state index is -4.19. The van der Waals surface area contributed by atoms with Crippen LogP contribution in [0.4, 0.5) is 11.4 Å². The summed E-state index contributed by atoms with van der Waals surface area (Å²) in [6, 6.07) is 2.84. The summed E-state index contributed by atoms with van der Waals surface area (Å²) in [5, 5.41) is 21.1. The third-order valence-corrected chi connectivity index (χ3v) is 2.63. The third-order valence-electron chi connectivity index (χ3n) is 1.86. The molecule has 0 bridgehead atoms. The summed E-state index contributed by atoms with van der Waals surface area (Å²) in [5.74, 6) is 0. The molecule has 98 valence electrons. The summed E-state index contributed by atoms with van der Waals surface area (Å²) in [7, 11) is 0. The monoisotopic (exact) mass is 293 g/mol. The lowest BCUT2D eigenvalue weighted by Crippen LogP contribution is -2.05. The fourth-order valence-electron chi connectivity index (χ4n) is 1.11. The van der Waals surface area contributed by atoms with Crippen LogP contribution in [0.5, 0.6) is 0 Å². The van der Waals surface area contributed by atoms with Gasteiger partial charge in [-0.05, 0) is 6.07 Å². The van der Waals surface area contributed by atoms with Crippen LogP contribution in [0.2, 0.25) is 0 Å². The number of nitro groups is 2. The van der Waals surface area contributed by atoms with Crippen LogP contribution < -0.4 is 4.89 Å². The Hall–Kier alpha value is -1.45. The fraction of sp³-hybridized carbons (Fsp3) is 0.143. The molecule has 1 atom stereocenters. The molecule has 0 saturated carbocycles. The highest BCUT2D eigenvalue weighted by Gasteiger charge is 2.19. The Kier molecular flexibility index (Phi) is 4.43. The Morgan fingerprint density at radius 2 is 1.94 bits per heavy atom. The van der Waals surface area contributed by atoms with Gasteiger partial charge in [0.05, 0.1) is 28.1 Å². The van der Waals surface area contributed by atoms with E-state index in [4.69, 9.17) is 4.89 Å². The molecular formula is C7H6N2O7PS-. The molecule has 11 heteroatoms. The zero-order valence-corrected chi connectivity index (χ0v) is 10.3. The van der Waals surface area contributed by atoms with Crippen LogP contribution in [0.1, 0.15) is 5.56 Å². The molecule has 0 amide bonds. The first kappa shape index (κ1) is 14.6. The van der Waals surface area contributed by atoms with E-state index in [1.807, 2.05) is 0 Å². The van der Waals surface area contributed by atoms with Crippen molar-refractivity contribution in [2.45, 2.75) is 6.61 Å². The molecule has 1 aromatic carbocycles. The molecule has 9 nitrogen and oxygen atoms in total. The first-order valence-electron chi connectivity index (χ1n) is 4.31. The number of nitro benzene ring substituents is 2. The molecule has 0 aliphatic carbocycles. The molecule has 18 heavy (non-hydrogen) atoms. The number of nitrogens with zero attached hydrogens (tertiary/aromatic N) is 2. The smallest absolute Gasteiger partial charge is 0.281 e. The van der Waals surface area contributed by atoms with Gasteiger partial charge in [-0.3, -0.25) is 20.2 Å². The maximum Gasteiger partial charge on any atom is 0.281 e. The molecule has 0 heterocycles. The molecule has 0 fully saturated rings. The van der Waals surface area contributed by atoms with Crippen LogP contribution in [0.3, 0.4) is 0 Å². The van der Waals surface area contributed by atoms with Crippen molar-refractivity contribution in [1.29, 1.82) is 0 Å². The molecule has 0 aromatic heterocycles. The number of hydrogen-bond acceptors (Lipinski definition) is 7. The Morgan fingerprint density at radius 1 is 1.33 bits per heavy atom. The van der Waals surface area contributed by atoms with Gasteiger partial charge in [0.1, 0.15) is 6.72 Å². The fourth-order valence-corrected chi connectivity index (χ4v) is 1.57. The summed E-state index contributed by atoms with van der Waals surface area (Å²) in [5.41, 5.74) is -1.12. The molecule has 1 aromatic rings. The van der Waals surface area contributed by atoms with Crippen molar-refractivity contribution in [3.63, 3.8) is 0 Å². The summed E-state index contributed by atoms with van der Waals surface area (Å²) in [6.07, 6.45) is 0. The van der Waals surface area contributed by atoms with Gasteiger partial charge in [0.15, 0.2) is 0 Å². The Labute approximate surface area is 105 Å². The van der Waals surface area contributed by atoms with Gasteiger partial charge in [-0.1, -0.05) is 11.8 Å². The van der Waals surface area contributed by atoms with Crippen LogP contribution in [0.15, 0.2) is 18.2 Å². The second-order valence-electron chi connectivity index (χ2n) is 3.07. The predicted octanol–water partition coefficient (Wildman–Crippen LogP) is 0.597. The van der Waals surface area contributed by atoms with E-state index < -0.39 is 34.5 Å². The van der Waals surface area contributed by atoms with E-state index in [1.165, 1.54) is 0 Å². The lowest BCUT2D eigenvalue weighted by Gasteiger charge is -2.19. The Morgan fingerprint density at radius 3 is 2.39 bits per heavy atom. The van der Waals surface area contributed by atoms with E-state index in [-0.39, 0.29) is 5.56 Å². The summed E-state index contributed by atoms with van der Waals surface area (Å²) in [6.45, 7) is -4.76. The van der Waals surface area contributed by atoms with Gasteiger partial charge in [0.25, 0.3) is 11.4 Å². The first-order chi connectivity index (χ1) is 8.20. The zero-order valence-electron chi connectivity index (χ0n) is 8.59.